The molecule has 3 aromatic carbocycles. The molecule has 31 heavy (non-hydrogen) atoms. The number of nitrogens with two attached hydrogens (primary N) is 1. The van der Waals surface area contributed by atoms with Crippen molar-refractivity contribution in [1.82, 2.24) is 5.32 Å². The van der Waals surface area contributed by atoms with E-state index in [-0.39, 0.29) is 17.7 Å². The zero-order chi connectivity index (χ0) is 21.7. The Bertz CT molecular complexity index is 989. The van der Waals surface area contributed by atoms with Gasteiger partial charge in [-0.15, -0.1) is 0 Å². The average Bonchev–Trinajstić information content (AvgIpc) is 2.84. The van der Waals surface area contributed by atoms with E-state index in [1.807, 2.05) is 48.5 Å². The molecule has 1 fully saturated rings. The summed E-state index contributed by atoms with van der Waals surface area (Å²) >= 11 is 0. The van der Waals surface area contributed by atoms with Crippen molar-refractivity contribution in [2.75, 3.05) is 20.2 Å². The third kappa shape index (κ3) is 4.21. The second-order valence-corrected chi connectivity index (χ2v) is 8.34. The fraction of sp³-hybridized carbons (Fsp3) is 0.296. The maximum Gasteiger partial charge on any atom is 0.228 e. The van der Waals surface area contributed by atoms with Crippen molar-refractivity contribution >= 4 is 5.91 Å². The molecular weight excluding hydrogens is 384 g/mol. The van der Waals surface area contributed by atoms with Crippen LogP contribution in [-0.4, -0.2) is 26.1 Å². The minimum atomic E-state index is -0.807. The van der Waals surface area contributed by atoms with Crippen LogP contribution in [0.2, 0.25) is 0 Å². The van der Waals surface area contributed by atoms with Crippen molar-refractivity contribution in [3.63, 3.8) is 0 Å². The molecule has 4 heteroatoms. The van der Waals surface area contributed by atoms with Crippen LogP contribution in [-0.2, 0) is 16.6 Å². The highest BCUT2D eigenvalue weighted by Crippen LogP contribution is 2.46. The first-order valence-corrected chi connectivity index (χ1v) is 10.9. The molecule has 4 rings (SSSR count). The van der Waals surface area contributed by atoms with Gasteiger partial charge in [0.1, 0.15) is 5.75 Å². The predicted molar refractivity (Wildman–Crippen MR) is 124 cm³/mol. The summed E-state index contributed by atoms with van der Waals surface area (Å²) in [6.07, 6.45) is 1.44. The molecule has 0 spiro atoms. The quantitative estimate of drug-likeness (QED) is 0.613. The van der Waals surface area contributed by atoms with Gasteiger partial charge in [0, 0.05) is 12.5 Å². The molecule has 0 aromatic heterocycles. The molecule has 4 nitrogen and oxygen atoms in total. The highest BCUT2D eigenvalue weighted by Gasteiger charge is 2.49. The second-order valence-electron chi connectivity index (χ2n) is 8.34. The molecule has 1 heterocycles. The zero-order valence-corrected chi connectivity index (χ0v) is 18.0. The van der Waals surface area contributed by atoms with E-state index in [9.17, 15) is 4.79 Å². The summed E-state index contributed by atoms with van der Waals surface area (Å²) in [5, 5.41) is 3.54. The summed E-state index contributed by atoms with van der Waals surface area (Å²) in [4.78, 5) is 13.4. The monoisotopic (exact) mass is 414 g/mol. The third-order valence-corrected chi connectivity index (χ3v) is 6.71. The number of methoxy groups -OCH3 is 1. The molecule has 0 aliphatic carbocycles. The van der Waals surface area contributed by atoms with Crippen molar-refractivity contribution in [2.45, 2.75) is 24.2 Å². The molecule has 0 radical (unpaired) electrons. The van der Waals surface area contributed by atoms with E-state index >= 15 is 0 Å². The molecule has 3 atom stereocenters. The number of hydrogen-bond acceptors (Lipinski definition) is 3. The minimum Gasteiger partial charge on any atom is -0.497 e. The maximum absolute atomic E-state index is 13.4. The van der Waals surface area contributed by atoms with E-state index in [1.54, 1.807) is 7.11 Å². The zero-order valence-electron chi connectivity index (χ0n) is 18.0. The Labute approximate surface area is 184 Å². The molecule has 0 saturated carbocycles. The van der Waals surface area contributed by atoms with Gasteiger partial charge in [-0.25, -0.2) is 0 Å². The SMILES string of the molecule is COc1ccc(CC(C(N)=O)(c2ccccc2)C2CCNCC2c2ccccc2)cc1. The lowest BCUT2D eigenvalue weighted by Gasteiger charge is -2.46. The van der Waals surface area contributed by atoms with Crippen LogP contribution in [0.5, 0.6) is 5.75 Å². The molecule has 3 aromatic rings. The third-order valence-electron chi connectivity index (χ3n) is 6.71. The lowest BCUT2D eigenvalue weighted by atomic mass is 9.59. The smallest absolute Gasteiger partial charge is 0.228 e. The van der Waals surface area contributed by atoms with Crippen molar-refractivity contribution in [3.05, 3.63) is 102 Å². The molecule has 3 N–H and O–H groups in total. The molecule has 3 unspecified atom stereocenters. The number of hydrogen-bond donors (Lipinski definition) is 2. The molecule has 1 amide bonds. The highest BCUT2D eigenvalue weighted by molar-refractivity contribution is 5.88. The van der Waals surface area contributed by atoms with Crippen LogP contribution in [0.3, 0.4) is 0 Å². The topological polar surface area (TPSA) is 64.3 Å². The van der Waals surface area contributed by atoms with Gasteiger partial charge >= 0.3 is 0 Å². The summed E-state index contributed by atoms with van der Waals surface area (Å²) in [6, 6.07) is 28.6. The van der Waals surface area contributed by atoms with E-state index in [4.69, 9.17) is 10.5 Å². The Morgan fingerprint density at radius 1 is 1.00 bits per heavy atom. The van der Waals surface area contributed by atoms with Crippen LogP contribution in [0.25, 0.3) is 0 Å². The van der Waals surface area contributed by atoms with Crippen molar-refractivity contribution < 1.29 is 9.53 Å². The average molecular weight is 415 g/mol. The Kier molecular flexibility index (Phi) is 6.38. The number of ether oxygens (including phenoxy) is 1. The lowest BCUT2D eigenvalue weighted by molar-refractivity contribution is -0.126. The van der Waals surface area contributed by atoms with Gasteiger partial charge in [-0.2, -0.15) is 0 Å². The number of nitrogens with one attached hydrogen (secondary N) is 1. The van der Waals surface area contributed by atoms with Crippen molar-refractivity contribution in [2.24, 2.45) is 11.7 Å². The number of benzene rings is 3. The predicted octanol–water partition coefficient (Wildman–Crippen LogP) is 4.05. The van der Waals surface area contributed by atoms with Gasteiger partial charge in [-0.3, -0.25) is 4.79 Å². The van der Waals surface area contributed by atoms with Crippen LogP contribution in [0.15, 0.2) is 84.9 Å². The number of piperidine rings is 1. The van der Waals surface area contributed by atoms with Crippen molar-refractivity contribution in [3.8, 4) is 5.75 Å². The van der Waals surface area contributed by atoms with Crippen LogP contribution >= 0.6 is 0 Å². The second kappa shape index (κ2) is 9.36. The summed E-state index contributed by atoms with van der Waals surface area (Å²) < 4.78 is 5.32. The first-order valence-electron chi connectivity index (χ1n) is 10.9. The molecule has 0 bridgehead atoms. The Morgan fingerprint density at radius 2 is 1.65 bits per heavy atom. The van der Waals surface area contributed by atoms with Crippen molar-refractivity contribution in [1.29, 1.82) is 0 Å². The minimum absolute atomic E-state index is 0.0816. The number of amides is 1. The van der Waals surface area contributed by atoms with Crippen LogP contribution in [0.4, 0.5) is 0 Å². The molecule has 1 aliphatic rings. The first-order chi connectivity index (χ1) is 15.1. The number of carbonyl (C=O) groups is 1. The largest absolute Gasteiger partial charge is 0.497 e. The van der Waals surface area contributed by atoms with Gasteiger partial charge in [0.05, 0.1) is 12.5 Å². The van der Waals surface area contributed by atoms with E-state index in [2.05, 4.69) is 41.7 Å². The van der Waals surface area contributed by atoms with Crippen LogP contribution < -0.4 is 15.8 Å². The summed E-state index contributed by atoms with van der Waals surface area (Å²) in [6.45, 7) is 1.71. The van der Waals surface area contributed by atoms with E-state index in [0.717, 1.165) is 36.4 Å². The summed E-state index contributed by atoms with van der Waals surface area (Å²) in [5.74, 6) is 0.818. The molecular formula is C27H30N2O2. The van der Waals surface area contributed by atoms with Crippen LogP contribution in [0, 0.1) is 5.92 Å². The van der Waals surface area contributed by atoms with Gasteiger partial charge < -0.3 is 15.8 Å². The fourth-order valence-electron chi connectivity index (χ4n) is 5.16. The number of carbonyl (C=O) groups excluding carboxylic acids is 1. The number of primary amides is 1. The van der Waals surface area contributed by atoms with Gasteiger partial charge in [0.15, 0.2) is 0 Å². The Balaban J connectivity index is 1.84. The standard InChI is InChI=1S/C27H30N2O2/c1-31-23-14-12-20(13-15-23)18-27(26(28)30,22-10-6-3-7-11-22)25-16-17-29-19-24(25)21-8-4-2-5-9-21/h2-15,24-25,29H,16-19H2,1H3,(H2,28,30). The highest BCUT2D eigenvalue weighted by atomic mass is 16.5. The van der Waals surface area contributed by atoms with E-state index < -0.39 is 5.41 Å². The molecule has 1 aliphatic heterocycles. The van der Waals surface area contributed by atoms with E-state index in [1.165, 1.54) is 5.56 Å². The summed E-state index contributed by atoms with van der Waals surface area (Å²) in [5.41, 5.74) is 8.80. The molecule has 160 valence electrons. The maximum atomic E-state index is 13.4. The fourth-order valence-corrected chi connectivity index (χ4v) is 5.16. The number of rotatable bonds is 7. The normalized spacial score (nSPS) is 20.5. The lowest BCUT2D eigenvalue weighted by Crippen LogP contribution is -2.54. The van der Waals surface area contributed by atoms with Gasteiger partial charge in [0.25, 0.3) is 0 Å². The van der Waals surface area contributed by atoms with Gasteiger partial charge in [0.2, 0.25) is 5.91 Å². The molecule has 1 saturated heterocycles. The Hall–Kier alpha value is -3.11. The summed E-state index contributed by atoms with van der Waals surface area (Å²) in [7, 11) is 1.66. The van der Waals surface area contributed by atoms with Crippen LogP contribution in [0.1, 0.15) is 29.0 Å². The van der Waals surface area contributed by atoms with Gasteiger partial charge in [-0.05, 0) is 54.1 Å². The van der Waals surface area contributed by atoms with E-state index in [0.29, 0.717) is 6.42 Å². The first kappa shape index (κ1) is 21.1. The van der Waals surface area contributed by atoms with Gasteiger partial charge in [-0.1, -0.05) is 72.8 Å². The Morgan fingerprint density at radius 3 is 2.26 bits per heavy atom.